The zero-order valence-corrected chi connectivity index (χ0v) is 17.7. The normalized spacial score (nSPS) is 11.4. The molecule has 0 aliphatic heterocycles. The van der Waals surface area contributed by atoms with E-state index in [2.05, 4.69) is 15.6 Å². The van der Waals surface area contributed by atoms with Gasteiger partial charge in [-0.3, -0.25) is 4.99 Å². The number of ether oxygens (including phenoxy) is 2. The number of hydrogen-bond donors (Lipinski definition) is 2. The first-order chi connectivity index (χ1) is 13.0. The van der Waals surface area contributed by atoms with Gasteiger partial charge in [-0.1, -0.05) is 30.3 Å². The van der Waals surface area contributed by atoms with Gasteiger partial charge in [-0.2, -0.15) is 13.2 Å². The third kappa shape index (κ3) is 9.67. The second kappa shape index (κ2) is 12.3. The minimum atomic E-state index is -4.36. The summed E-state index contributed by atoms with van der Waals surface area (Å²) in [6.45, 7) is 0.0890. The van der Waals surface area contributed by atoms with Gasteiger partial charge in [-0.05, 0) is 29.8 Å². The summed E-state index contributed by atoms with van der Waals surface area (Å²) < 4.78 is 47.0. The molecule has 0 aliphatic rings. The molecule has 0 atom stereocenters. The van der Waals surface area contributed by atoms with Crippen molar-refractivity contribution >= 4 is 29.9 Å². The first kappa shape index (κ1) is 23.9. The van der Waals surface area contributed by atoms with Crippen molar-refractivity contribution < 1.29 is 22.6 Å². The molecule has 0 aromatic heterocycles. The largest absolute Gasteiger partial charge is 0.492 e. The zero-order chi connectivity index (χ0) is 19.5. The number of guanidine groups is 1. The zero-order valence-electron chi connectivity index (χ0n) is 15.3. The molecule has 0 unspecified atom stereocenters. The Kier molecular flexibility index (Phi) is 10.5. The predicted molar refractivity (Wildman–Crippen MR) is 114 cm³/mol. The van der Waals surface area contributed by atoms with Crippen molar-refractivity contribution in [3.8, 4) is 11.5 Å². The Balaban J connectivity index is 0.00000392. The van der Waals surface area contributed by atoms with Gasteiger partial charge in [0.1, 0.15) is 18.1 Å². The van der Waals surface area contributed by atoms with Gasteiger partial charge in [0, 0.05) is 13.6 Å². The minimum absolute atomic E-state index is 0. The first-order valence-electron chi connectivity index (χ1n) is 8.37. The number of benzene rings is 2. The molecule has 2 N–H and O–H groups in total. The number of nitrogens with zero attached hydrogens (tertiary/aromatic N) is 1. The van der Waals surface area contributed by atoms with Crippen LogP contribution in [0.2, 0.25) is 0 Å². The van der Waals surface area contributed by atoms with Crippen molar-refractivity contribution in [2.24, 2.45) is 4.99 Å². The molecule has 0 saturated carbocycles. The van der Waals surface area contributed by atoms with Gasteiger partial charge in [0.15, 0.2) is 12.6 Å². The van der Waals surface area contributed by atoms with E-state index in [4.69, 9.17) is 9.47 Å². The Morgan fingerprint density at radius 1 is 0.964 bits per heavy atom. The molecule has 0 fully saturated rings. The molecule has 0 spiro atoms. The molecule has 0 heterocycles. The summed E-state index contributed by atoms with van der Waals surface area (Å²) in [5.41, 5.74) is 0.776. The lowest BCUT2D eigenvalue weighted by Crippen LogP contribution is -2.38. The summed E-state index contributed by atoms with van der Waals surface area (Å²) in [5, 5.41) is 6.19. The van der Waals surface area contributed by atoms with Gasteiger partial charge in [0.25, 0.3) is 0 Å². The molecule has 0 aliphatic carbocycles. The standard InChI is InChI=1S/C19H22F3N3O2.HI/c1-23-18(24-10-11-26-16-7-3-2-4-8-16)25-13-15-6-5-9-17(12-15)27-14-19(20,21)22;/h2-9,12H,10-11,13-14H2,1H3,(H2,23,24,25);1H. The number of alkyl halides is 3. The van der Waals surface area contributed by atoms with E-state index in [1.54, 1.807) is 25.2 Å². The highest BCUT2D eigenvalue weighted by Gasteiger charge is 2.28. The molecule has 0 amide bonds. The fourth-order valence-electron chi connectivity index (χ4n) is 2.17. The molecule has 0 radical (unpaired) electrons. The van der Waals surface area contributed by atoms with E-state index >= 15 is 0 Å². The number of hydrogen-bond acceptors (Lipinski definition) is 3. The average Bonchev–Trinajstić information content (AvgIpc) is 2.66. The summed E-state index contributed by atoms with van der Waals surface area (Å²) in [6.07, 6.45) is -4.36. The highest BCUT2D eigenvalue weighted by atomic mass is 127. The number of para-hydroxylation sites is 1. The lowest BCUT2D eigenvalue weighted by molar-refractivity contribution is -0.153. The van der Waals surface area contributed by atoms with Crippen LogP contribution in [0.4, 0.5) is 13.2 Å². The van der Waals surface area contributed by atoms with Crippen LogP contribution in [0.15, 0.2) is 59.6 Å². The van der Waals surface area contributed by atoms with Crippen molar-refractivity contribution in [3.05, 3.63) is 60.2 Å². The molecule has 5 nitrogen and oxygen atoms in total. The van der Waals surface area contributed by atoms with Crippen LogP contribution in [0, 0.1) is 0 Å². The molecular formula is C19H23F3IN3O2. The third-order valence-electron chi connectivity index (χ3n) is 3.39. The lowest BCUT2D eigenvalue weighted by Gasteiger charge is -2.13. The average molecular weight is 509 g/mol. The fraction of sp³-hybridized carbons (Fsp3) is 0.316. The van der Waals surface area contributed by atoms with Gasteiger partial charge >= 0.3 is 6.18 Å². The van der Waals surface area contributed by atoms with Crippen molar-refractivity contribution in [1.82, 2.24) is 10.6 Å². The van der Waals surface area contributed by atoms with E-state index in [-0.39, 0.29) is 29.7 Å². The molecule has 154 valence electrons. The monoisotopic (exact) mass is 509 g/mol. The SMILES string of the molecule is CN=C(NCCOc1ccccc1)NCc1cccc(OCC(F)(F)F)c1.I. The van der Waals surface area contributed by atoms with Crippen LogP contribution in [-0.4, -0.2) is 38.9 Å². The second-order valence-electron chi connectivity index (χ2n) is 5.57. The highest BCUT2D eigenvalue weighted by molar-refractivity contribution is 14.0. The van der Waals surface area contributed by atoms with Crippen LogP contribution < -0.4 is 20.1 Å². The number of halogens is 4. The maximum absolute atomic E-state index is 12.2. The van der Waals surface area contributed by atoms with Crippen LogP contribution in [0.3, 0.4) is 0 Å². The summed E-state index contributed by atoms with van der Waals surface area (Å²) in [4.78, 5) is 4.10. The Bertz CT molecular complexity index is 728. The topological polar surface area (TPSA) is 54.9 Å². The molecular weight excluding hydrogens is 486 g/mol. The van der Waals surface area contributed by atoms with E-state index in [0.717, 1.165) is 11.3 Å². The van der Waals surface area contributed by atoms with Crippen molar-refractivity contribution in [2.45, 2.75) is 12.7 Å². The molecule has 2 rings (SSSR count). The van der Waals surface area contributed by atoms with Gasteiger partial charge in [0.2, 0.25) is 0 Å². The summed E-state index contributed by atoms with van der Waals surface area (Å²) >= 11 is 0. The van der Waals surface area contributed by atoms with Gasteiger partial charge in [-0.15, -0.1) is 24.0 Å². The van der Waals surface area contributed by atoms with Crippen LogP contribution >= 0.6 is 24.0 Å². The second-order valence-corrected chi connectivity index (χ2v) is 5.57. The molecule has 9 heteroatoms. The van der Waals surface area contributed by atoms with Gasteiger partial charge in [0.05, 0.1) is 6.54 Å². The number of aliphatic imine (C=N–C) groups is 1. The number of nitrogens with one attached hydrogen (secondary N) is 2. The maximum Gasteiger partial charge on any atom is 0.422 e. The molecule has 0 saturated heterocycles. The molecule has 0 bridgehead atoms. The van der Waals surface area contributed by atoms with Crippen molar-refractivity contribution in [3.63, 3.8) is 0 Å². The fourth-order valence-corrected chi connectivity index (χ4v) is 2.17. The molecule has 2 aromatic carbocycles. The van der Waals surface area contributed by atoms with E-state index in [0.29, 0.717) is 25.7 Å². The lowest BCUT2D eigenvalue weighted by atomic mass is 10.2. The van der Waals surface area contributed by atoms with Crippen LogP contribution in [0.5, 0.6) is 11.5 Å². The van der Waals surface area contributed by atoms with E-state index in [1.807, 2.05) is 30.3 Å². The Morgan fingerprint density at radius 2 is 1.68 bits per heavy atom. The Hall–Kier alpha value is -2.17. The quantitative estimate of drug-likeness (QED) is 0.245. The minimum Gasteiger partial charge on any atom is -0.492 e. The van der Waals surface area contributed by atoms with Gasteiger partial charge < -0.3 is 20.1 Å². The third-order valence-corrected chi connectivity index (χ3v) is 3.39. The molecule has 28 heavy (non-hydrogen) atoms. The summed E-state index contributed by atoms with van der Waals surface area (Å²) in [6, 6.07) is 16.0. The van der Waals surface area contributed by atoms with E-state index < -0.39 is 12.8 Å². The smallest absolute Gasteiger partial charge is 0.422 e. The first-order valence-corrected chi connectivity index (χ1v) is 8.37. The van der Waals surface area contributed by atoms with E-state index in [9.17, 15) is 13.2 Å². The van der Waals surface area contributed by atoms with Crippen LogP contribution in [0.1, 0.15) is 5.56 Å². The summed E-state index contributed by atoms with van der Waals surface area (Å²) in [5.74, 6) is 1.53. The van der Waals surface area contributed by atoms with Gasteiger partial charge in [-0.25, -0.2) is 0 Å². The Labute approximate surface area is 179 Å². The Morgan fingerprint density at radius 3 is 2.36 bits per heavy atom. The maximum atomic E-state index is 12.2. The predicted octanol–water partition coefficient (Wildman–Crippen LogP) is 3.99. The highest BCUT2D eigenvalue weighted by Crippen LogP contribution is 2.19. The van der Waals surface area contributed by atoms with Crippen LogP contribution in [-0.2, 0) is 6.54 Å². The number of rotatable bonds is 8. The van der Waals surface area contributed by atoms with Crippen LogP contribution in [0.25, 0.3) is 0 Å². The van der Waals surface area contributed by atoms with E-state index in [1.165, 1.54) is 6.07 Å². The summed E-state index contributed by atoms with van der Waals surface area (Å²) in [7, 11) is 1.64. The molecule has 2 aromatic rings. The van der Waals surface area contributed by atoms with Crippen molar-refractivity contribution in [1.29, 1.82) is 0 Å². The van der Waals surface area contributed by atoms with Crippen molar-refractivity contribution in [2.75, 3.05) is 26.8 Å².